The second-order valence-electron chi connectivity index (χ2n) is 4.93. The van der Waals surface area contributed by atoms with Gasteiger partial charge in [-0.25, -0.2) is 0 Å². The van der Waals surface area contributed by atoms with Gasteiger partial charge in [-0.2, -0.15) is 10.5 Å². The fraction of sp³-hybridized carbons (Fsp3) is 0.357. The number of carbonyl (C=O) groups is 1. The van der Waals surface area contributed by atoms with Gasteiger partial charge in [0.05, 0.1) is 29.2 Å². The highest BCUT2D eigenvalue weighted by molar-refractivity contribution is 5.98. The van der Waals surface area contributed by atoms with Crippen LogP contribution in [-0.2, 0) is 4.79 Å². The minimum absolute atomic E-state index is 0.0451. The van der Waals surface area contributed by atoms with E-state index in [2.05, 4.69) is 6.07 Å². The monoisotopic (exact) mass is 239 g/mol. The molecule has 1 unspecified atom stereocenters. The lowest BCUT2D eigenvalue weighted by molar-refractivity contribution is -0.117. The second-order valence-corrected chi connectivity index (χ2v) is 4.93. The molecule has 1 atom stereocenters. The molecule has 0 bridgehead atoms. The topological polar surface area (TPSA) is 67.9 Å². The number of benzene rings is 1. The van der Waals surface area contributed by atoms with Crippen LogP contribution in [-0.4, -0.2) is 11.4 Å². The van der Waals surface area contributed by atoms with E-state index < -0.39 is 5.54 Å². The lowest BCUT2D eigenvalue weighted by Crippen LogP contribution is -2.44. The molecule has 0 spiro atoms. The van der Waals surface area contributed by atoms with Gasteiger partial charge in [-0.3, -0.25) is 4.79 Å². The van der Waals surface area contributed by atoms with E-state index in [1.807, 2.05) is 19.9 Å². The molecule has 4 nitrogen and oxygen atoms in total. The van der Waals surface area contributed by atoms with Crippen molar-refractivity contribution in [3.63, 3.8) is 0 Å². The molecule has 0 aliphatic carbocycles. The molecule has 2 rings (SSSR count). The summed E-state index contributed by atoms with van der Waals surface area (Å²) in [5, 5.41) is 17.8. The molecule has 0 radical (unpaired) electrons. The summed E-state index contributed by atoms with van der Waals surface area (Å²) in [5.41, 5.74) is 0.779. The Kier molecular flexibility index (Phi) is 2.80. The predicted octanol–water partition coefficient (Wildman–Crippen LogP) is 2.21. The molecule has 18 heavy (non-hydrogen) atoms. The number of nitrogens with zero attached hydrogens (tertiary/aromatic N) is 3. The molecule has 90 valence electrons. The zero-order chi connectivity index (χ0) is 13.3. The Morgan fingerprint density at radius 3 is 2.33 bits per heavy atom. The zero-order valence-corrected chi connectivity index (χ0v) is 10.3. The van der Waals surface area contributed by atoms with Crippen molar-refractivity contribution in [2.75, 3.05) is 4.90 Å². The maximum atomic E-state index is 12.0. The van der Waals surface area contributed by atoms with Crippen molar-refractivity contribution in [3.8, 4) is 12.1 Å². The zero-order valence-electron chi connectivity index (χ0n) is 10.3. The van der Waals surface area contributed by atoms with Crippen LogP contribution in [0, 0.1) is 28.6 Å². The maximum absolute atomic E-state index is 12.0. The van der Waals surface area contributed by atoms with Gasteiger partial charge < -0.3 is 4.90 Å². The Hall–Kier alpha value is -2.33. The van der Waals surface area contributed by atoms with Crippen molar-refractivity contribution < 1.29 is 4.79 Å². The first kappa shape index (κ1) is 12.1. The second kappa shape index (κ2) is 4.16. The Morgan fingerprint density at radius 1 is 1.28 bits per heavy atom. The van der Waals surface area contributed by atoms with E-state index in [1.165, 1.54) is 0 Å². The maximum Gasteiger partial charge on any atom is 0.228 e. The summed E-state index contributed by atoms with van der Waals surface area (Å²) in [6, 6.07) is 11.1. The van der Waals surface area contributed by atoms with Gasteiger partial charge in [-0.1, -0.05) is 0 Å². The Morgan fingerprint density at radius 2 is 1.89 bits per heavy atom. The molecule has 1 aliphatic rings. The summed E-state index contributed by atoms with van der Waals surface area (Å²) in [4.78, 5) is 13.7. The van der Waals surface area contributed by atoms with Gasteiger partial charge >= 0.3 is 0 Å². The van der Waals surface area contributed by atoms with Gasteiger partial charge in [0.2, 0.25) is 5.91 Å². The smallest absolute Gasteiger partial charge is 0.228 e. The van der Waals surface area contributed by atoms with Crippen LogP contribution in [0.15, 0.2) is 24.3 Å². The summed E-state index contributed by atoms with van der Waals surface area (Å²) in [6.07, 6.45) is 0.253. The number of hydrogen-bond donors (Lipinski definition) is 0. The normalized spacial score (nSPS) is 21.4. The molecule has 1 heterocycles. The Bertz CT molecular complexity index is 560. The Balaban J connectivity index is 2.41. The highest BCUT2D eigenvalue weighted by Gasteiger charge is 2.47. The molecule has 4 heteroatoms. The number of hydrogen-bond acceptors (Lipinski definition) is 3. The van der Waals surface area contributed by atoms with Gasteiger partial charge in [0.1, 0.15) is 0 Å². The lowest BCUT2D eigenvalue weighted by Gasteiger charge is -2.33. The number of nitriles is 2. The van der Waals surface area contributed by atoms with Crippen LogP contribution < -0.4 is 4.90 Å². The van der Waals surface area contributed by atoms with E-state index in [1.54, 1.807) is 29.2 Å². The van der Waals surface area contributed by atoms with Gasteiger partial charge in [-0.05, 0) is 38.1 Å². The number of amides is 1. The Labute approximate surface area is 106 Å². The van der Waals surface area contributed by atoms with E-state index in [0.29, 0.717) is 5.56 Å². The van der Waals surface area contributed by atoms with E-state index >= 15 is 0 Å². The number of anilines is 1. The predicted molar refractivity (Wildman–Crippen MR) is 66.4 cm³/mol. The summed E-state index contributed by atoms with van der Waals surface area (Å²) >= 11 is 0. The highest BCUT2D eigenvalue weighted by Crippen LogP contribution is 2.38. The first-order valence-electron chi connectivity index (χ1n) is 5.73. The first-order chi connectivity index (χ1) is 8.50. The lowest BCUT2D eigenvalue weighted by atomic mass is 9.89. The largest absolute Gasteiger partial charge is 0.306 e. The van der Waals surface area contributed by atoms with Crippen molar-refractivity contribution in [1.29, 1.82) is 10.5 Å². The van der Waals surface area contributed by atoms with Crippen LogP contribution in [0.1, 0.15) is 25.8 Å². The van der Waals surface area contributed by atoms with Crippen LogP contribution in [0.3, 0.4) is 0 Å². The van der Waals surface area contributed by atoms with Crippen molar-refractivity contribution in [3.05, 3.63) is 29.8 Å². The molecular formula is C14H13N3O. The molecule has 1 aliphatic heterocycles. The number of rotatable bonds is 1. The van der Waals surface area contributed by atoms with Crippen molar-refractivity contribution in [1.82, 2.24) is 0 Å². The average molecular weight is 239 g/mol. The molecule has 1 amide bonds. The molecule has 1 aromatic rings. The van der Waals surface area contributed by atoms with Crippen LogP contribution in [0.2, 0.25) is 0 Å². The average Bonchev–Trinajstić information content (AvgIpc) is 2.59. The highest BCUT2D eigenvalue weighted by atomic mass is 16.2. The van der Waals surface area contributed by atoms with Crippen LogP contribution in [0.25, 0.3) is 0 Å². The van der Waals surface area contributed by atoms with Crippen LogP contribution >= 0.6 is 0 Å². The third-order valence-electron chi connectivity index (χ3n) is 3.47. The summed E-state index contributed by atoms with van der Waals surface area (Å²) < 4.78 is 0. The van der Waals surface area contributed by atoms with Gasteiger partial charge in [-0.15, -0.1) is 0 Å². The molecule has 1 fully saturated rings. The van der Waals surface area contributed by atoms with Gasteiger partial charge in [0.25, 0.3) is 0 Å². The van der Waals surface area contributed by atoms with Gasteiger partial charge in [0.15, 0.2) is 0 Å². The quantitative estimate of drug-likeness (QED) is 0.754. The minimum Gasteiger partial charge on any atom is -0.306 e. The van der Waals surface area contributed by atoms with Crippen molar-refractivity contribution in [2.24, 2.45) is 5.92 Å². The minimum atomic E-state index is -0.514. The van der Waals surface area contributed by atoms with Crippen LogP contribution in [0.5, 0.6) is 0 Å². The van der Waals surface area contributed by atoms with Crippen molar-refractivity contribution >= 4 is 11.6 Å². The molecule has 0 N–H and O–H groups in total. The van der Waals surface area contributed by atoms with E-state index in [4.69, 9.17) is 10.5 Å². The van der Waals surface area contributed by atoms with E-state index in [9.17, 15) is 4.79 Å². The number of carbonyl (C=O) groups excluding carboxylic acids is 1. The van der Waals surface area contributed by atoms with Gasteiger partial charge in [0, 0.05) is 12.1 Å². The first-order valence-corrected chi connectivity index (χ1v) is 5.73. The summed E-state index contributed by atoms with van der Waals surface area (Å²) in [7, 11) is 0. The molecule has 1 aromatic carbocycles. The van der Waals surface area contributed by atoms with Crippen LogP contribution in [0.4, 0.5) is 5.69 Å². The van der Waals surface area contributed by atoms with E-state index in [0.717, 1.165) is 5.69 Å². The summed E-state index contributed by atoms with van der Waals surface area (Å²) in [6.45, 7) is 3.79. The van der Waals surface area contributed by atoms with Crippen molar-refractivity contribution in [2.45, 2.75) is 25.8 Å². The standard InChI is InChI=1S/C14H13N3O/c1-14(2)11(9-16)7-13(18)17(14)12-5-3-10(8-15)4-6-12/h3-6,11H,7H2,1-2H3. The fourth-order valence-electron chi connectivity index (χ4n) is 2.36. The molecule has 1 saturated heterocycles. The third kappa shape index (κ3) is 1.72. The molecular weight excluding hydrogens is 226 g/mol. The van der Waals surface area contributed by atoms with E-state index in [-0.39, 0.29) is 18.2 Å². The molecule has 0 saturated carbocycles. The molecule has 0 aromatic heterocycles. The summed E-state index contributed by atoms with van der Waals surface area (Å²) in [5.74, 6) is -0.350. The third-order valence-corrected chi connectivity index (χ3v) is 3.47. The fourth-order valence-corrected chi connectivity index (χ4v) is 2.36. The SMILES string of the molecule is CC1(C)C(C#N)CC(=O)N1c1ccc(C#N)cc1.